The monoisotopic (exact) mass is 569 g/mol. The molecule has 2 aliphatic rings. The summed E-state index contributed by atoms with van der Waals surface area (Å²) in [5.74, 6) is 2.54. The Morgan fingerprint density at radius 3 is 2.47 bits per heavy atom. The lowest BCUT2D eigenvalue weighted by Crippen LogP contribution is -2.46. The lowest BCUT2D eigenvalue weighted by Gasteiger charge is -2.40. The molecule has 1 atom stereocenters. The molecule has 1 unspecified atom stereocenters. The van der Waals surface area contributed by atoms with Crippen molar-refractivity contribution in [3.63, 3.8) is 0 Å². The molecule has 43 heavy (non-hydrogen) atoms. The van der Waals surface area contributed by atoms with Gasteiger partial charge in [0.25, 0.3) is 5.69 Å². The molecule has 10 heteroatoms. The average Bonchev–Trinajstić information content (AvgIpc) is 3.37. The zero-order valence-electron chi connectivity index (χ0n) is 23.5. The second kappa shape index (κ2) is 10.6. The fourth-order valence-electron chi connectivity index (χ4n) is 5.61. The molecule has 0 aliphatic carbocycles. The van der Waals surface area contributed by atoms with Gasteiger partial charge in [0.15, 0.2) is 17.5 Å². The fraction of sp³-hybridized carbons (Fsp3) is 0.121. The van der Waals surface area contributed by atoms with Crippen molar-refractivity contribution in [2.24, 2.45) is 9.98 Å². The Labute approximate surface area is 247 Å². The first-order valence-electron chi connectivity index (χ1n) is 14.0. The van der Waals surface area contributed by atoms with Crippen LogP contribution in [0.4, 0.5) is 28.6 Å². The minimum atomic E-state index is -0.464. The van der Waals surface area contributed by atoms with Gasteiger partial charge in [-0.05, 0) is 67.9 Å². The maximum atomic E-state index is 11.9. The maximum Gasteiger partial charge on any atom is 0.269 e. The van der Waals surface area contributed by atoms with Gasteiger partial charge in [-0.25, -0.2) is 14.7 Å². The first kappa shape index (κ1) is 26.1. The zero-order chi connectivity index (χ0) is 29.5. The standard InChI is InChI=1S/C33H27N7O3/c1-3-43-26-18-16-23(17-19-26)34-31-33-36-32-29(21(2)37-39(32)24-11-5-4-6-12-24)30(22-10-9-13-25(20-22)40(41)42)38(33)28-15-8-7-14-27(28)35-31/h4-20,30H,3H2,1-2H3,(H,34,35). The highest BCUT2D eigenvalue weighted by atomic mass is 16.6. The molecule has 7 rings (SSSR count). The molecule has 0 amide bonds. The van der Waals surface area contributed by atoms with Gasteiger partial charge < -0.3 is 15.0 Å². The van der Waals surface area contributed by atoms with E-state index >= 15 is 0 Å². The number of anilines is 2. The number of nitrogens with zero attached hydrogens (tertiary/aromatic N) is 6. The maximum absolute atomic E-state index is 11.9. The molecule has 0 radical (unpaired) electrons. The number of nitro groups is 1. The van der Waals surface area contributed by atoms with Crippen LogP contribution in [0.1, 0.15) is 29.8 Å². The van der Waals surface area contributed by atoms with Crippen LogP contribution in [0.15, 0.2) is 113 Å². The van der Waals surface area contributed by atoms with Crippen molar-refractivity contribution in [1.29, 1.82) is 0 Å². The third-order valence-corrected chi connectivity index (χ3v) is 7.46. The lowest BCUT2D eigenvalue weighted by molar-refractivity contribution is -0.384. The summed E-state index contributed by atoms with van der Waals surface area (Å²) in [5.41, 5.74) is 5.67. The van der Waals surface area contributed by atoms with Gasteiger partial charge in [0, 0.05) is 23.4 Å². The first-order valence-corrected chi connectivity index (χ1v) is 14.0. The Kier molecular flexibility index (Phi) is 6.43. The molecular formula is C33H27N7O3. The molecule has 0 saturated heterocycles. The van der Waals surface area contributed by atoms with Gasteiger partial charge in [-0.3, -0.25) is 10.1 Å². The van der Waals surface area contributed by atoms with E-state index in [2.05, 4.69) is 10.2 Å². The second-order valence-corrected chi connectivity index (χ2v) is 10.2. The number of nitrogens with one attached hydrogen (secondary N) is 1. The minimum Gasteiger partial charge on any atom is -0.494 e. The van der Waals surface area contributed by atoms with E-state index in [1.54, 1.807) is 12.1 Å². The molecule has 10 nitrogen and oxygen atoms in total. The Hall–Kier alpha value is -5.77. The van der Waals surface area contributed by atoms with Crippen molar-refractivity contribution in [2.45, 2.75) is 19.9 Å². The highest BCUT2D eigenvalue weighted by Gasteiger charge is 2.41. The quantitative estimate of drug-likeness (QED) is 0.170. The van der Waals surface area contributed by atoms with Crippen LogP contribution in [0.2, 0.25) is 0 Å². The van der Waals surface area contributed by atoms with Gasteiger partial charge in [0.1, 0.15) is 5.75 Å². The fourth-order valence-corrected chi connectivity index (χ4v) is 5.61. The summed E-state index contributed by atoms with van der Waals surface area (Å²) in [6.45, 7) is 4.48. The number of nitro benzene ring substituents is 1. The van der Waals surface area contributed by atoms with Gasteiger partial charge in [-0.15, -0.1) is 0 Å². The number of benzene rings is 4. The van der Waals surface area contributed by atoms with Crippen molar-refractivity contribution < 1.29 is 9.66 Å². The van der Waals surface area contributed by atoms with E-state index in [0.29, 0.717) is 24.1 Å². The molecule has 0 saturated carbocycles. The Bertz CT molecular complexity index is 1910. The van der Waals surface area contributed by atoms with Gasteiger partial charge >= 0.3 is 0 Å². The van der Waals surface area contributed by atoms with Gasteiger partial charge in [-0.1, -0.05) is 42.5 Å². The largest absolute Gasteiger partial charge is 0.494 e. The number of amidine groups is 2. The Morgan fingerprint density at radius 1 is 0.930 bits per heavy atom. The molecule has 5 aromatic rings. The van der Waals surface area contributed by atoms with Crippen LogP contribution in [-0.4, -0.2) is 33.0 Å². The predicted molar refractivity (Wildman–Crippen MR) is 168 cm³/mol. The molecular weight excluding hydrogens is 542 g/mol. The van der Waals surface area contributed by atoms with Crippen molar-refractivity contribution in [3.8, 4) is 11.4 Å². The van der Waals surface area contributed by atoms with Crippen molar-refractivity contribution in [2.75, 3.05) is 16.8 Å². The van der Waals surface area contributed by atoms with E-state index in [1.807, 2.05) is 103 Å². The third kappa shape index (κ3) is 4.58. The van der Waals surface area contributed by atoms with Crippen LogP contribution in [0.3, 0.4) is 0 Å². The third-order valence-electron chi connectivity index (χ3n) is 7.46. The van der Waals surface area contributed by atoms with Crippen LogP contribution in [0.25, 0.3) is 5.69 Å². The van der Waals surface area contributed by atoms with Gasteiger partial charge in [0.05, 0.1) is 40.3 Å². The van der Waals surface area contributed by atoms with E-state index in [0.717, 1.165) is 45.3 Å². The highest BCUT2D eigenvalue weighted by molar-refractivity contribution is 6.51. The van der Waals surface area contributed by atoms with E-state index in [-0.39, 0.29) is 10.6 Å². The summed E-state index contributed by atoms with van der Waals surface area (Å²) >= 11 is 0. The smallest absolute Gasteiger partial charge is 0.269 e. The average molecular weight is 570 g/mol. The molecule has 212 valence electrons. The summed E-state index contributed by atoms with van der Waals surface area (Å²) < 4.78 is 7.45. The number of fused-ring (bicyclic) bond motifs is 4. The van der Waals surface area contributed by atoms with Crippen molar-refractivity contribution in [1.82, 2.24) is 9.78 Å². The number of hydrogen-bond donors (Lipinski definition) is 1. The predicted octanol–water partition coefficient (Wildman–Crippen LogP) is 7.28. The summed E-state index contributed by atoms with van der Waals surface area (Å²) in [6.07, 6.45) is 0. The number of rotatable bonds is 6. The van der Waals surface area contributed by atoms with Gasteiger partial charge in [-0.2, -0.15) is 5.10 Å². The number of aliphatic imine (C=N–C) groups is 2. The van der Waals surface area contributed by atoms with Crippen LogP contribution in [0, 0.1) is 17.0 Å². The number of non-ortho nitro benzene ring substituents is 1. The number of aromatic nitrogens is 2. The number of para-hydroxylation sites is 3. The highest BCUT2D eigenvalue weighted by Crippen LogP contribution is 2.48. The summed E-state index contributed by atoms with van der Waals surface area (Å²) in [5, 5.41) is 20.2. The zero-order valence-corrected chi connectivity index (χ0v) is 23.5. The molecule has 0 spiro atoms. The number of ether oxygens (including phenoxy) is 1. The molecule has 0 fully saturated rings. The number of hydrogen-bond acceptors (Lipinski definition) is 8. The SMILES string of the molecule is CCOc1ccc(NC2=Nc3ccccc3N3C2=Nc2c(c(C)nn2-c2ccccc2)C3c2cccc([N+](=O)[O-])c2)cc1. The topological polar surface area (TPSA) is 110 Å². The van der Waals surface area contributed by atoms with Crippen LogP contribution >= 0.6 is 0 Å². The van der Waals surface area contributed by atoms with Crippen molar-refractivity contribution in [3.05, 3.63) is 130 Å². The molecule has 0 bridgehead atoms. The van der Waals surface area contributed by atoms with Gasteiger partial charge in [0.2, 0.25) is 0 Å². The Balaban J connectivity index is 1.46. The first-order chi connectivity index (χ1) is 21.0. The molecule has 3 heterocycles. The van der Waals surface area contributed by atoms with Crippen LogP contribution in [0.5, 0.6) is 5.75 Å². The second-order valence-electron chi connectivity index (χ2n) is 10.2. The normalized spacial score (nSPS) is 15.0. The number of aryl methyl sites for hydroxylation is 1. The summed E-state index contributed by atoms with van der Waals surface area (Å²) in [7, 11) is 0. The van der Waals surface area contributed by atoms with E-state index in [4.69, 9.17) is 19.8 Å². The van der Waals surface area contributed by atoms with E-state index in [9.17, 15) is 10.1 Å². The van der Waals surface area contributed by atoms with Crippen LogP contribution in [-0.2, 0) is 0 Å². The lowest BCUT2D eigenvalue weighted by atomic mass is 9.93. The summed E-state index contributed by atoms with van der Waals surface area (Å²) in [4.78, 5) is 23.8. The molecule has 1 N–H and O–H groups in total. The van der Waals surface area contributed by atoms with E-state index < -0.39 is 6.04 Å². The van der Waals surface area contributed by atoms with Crippen molar-refractivity contribution >= 4 is 40.2 Å². The summed E-state index contributed by atoms with van der Waals surface area (Å²) in [6, 6.07) is 31.6. The molecule has 1 aromatic heterocycles. The Morgan fingerprint density at radius 2 is 1.70 bits per heavy atom. The minimum absolute atomic E-state index is 0.0166. The molecule has 2 aliphatic heterocycles. The van der Waals surface area contributed by atoms with E-state index in [1.165, 1.54) is 6.07 Å². The van der Waals surface area contributed by atoms with Crippen LogP contribution < -0.4 is 15.0 Å². The molecule has 4 aromatic carbocycles.